The van der Waals surface area contributed by atoms with Crippen LogP contribution in [0, 0.1) is 17.0 Å². The highest BCUT2D eigenvalue weighted by atomic mass is 16.6. The summed E-state index contributed by atoms with van der Waals surface area (Å²) < 4.78 is 20.7. The molecule has 1 heterocycles. The molecule has 0 bridgehead atoms. The summed E-state index contributed by atoms with van der Waals surface area (Å²) in [5, 5.41) is 14.7. The Labute approximate surface area is 155 Å². The number of esters is 1. The zero-order chi connectivity index (χ0) is 20.0. The molecule has 0 radical (unpaired) electrons. The minimum absolute atomic E-state index is 0.0493. The van der Waals surface area contributed by atoms with Crippen molar-refractivity contribution >= 4 is 23.8 Å². The van der Waals surface area contributed by atoms with Crippen molar-refractivity contribution in [1.29, 1.82) is 0 Å². The number of rotatable bonds is 8. The molecule has 144 valence electrons. The molecule has 0 fully saturated rings. The van der Waals surface area contributed by atoms with Crippen molar-refractivity contribution in [3.8, 4) is 11.5 Å². The normalized spacial score (nSPS) is 11.0. The van der Waals surface area contributed by atoms with E-state index in [1.165, 1.54) is 20.1 Å². The Kier molecular flexibility index (Phi) is 6.53. The summed E-state index contributed by atoms with van der Waals surface area (Å²) in [7, 11) is 1.47. The van der Waals surface area contributed by atoms with Crippen LogP contribution in [-0.4, -0.2) is 35.9 Å². The van der Waals surface area contributed by atoms with Gasteiger partial charge in [-0.15, -0.1) is 0 Å². The smallest absolute Gasteiger partial charge is 0.344 e. The van der Waals surface area contributed by atoms with Gasteiger partial charge in [0.05, 0.1) is 18.1 Å². The van der Waals surface area contributed by atoms with Crippen molar-refractivity contribution in [2.45, 2.75) is 26.9 Å². The average molecular weight is 376 g/mol. The number of nitro groups is 1. The summed E-state index contributed by atoms with van der Waals surface area (Å²) in [6, 6.07) is 4.99. The van der Waals surface area contributed by atoms with E-state index in [1.54, 1.807) is 38.1 Å². The van der Waals surface area contributed by atoms with Gasteiger partial charge in [0.2, 0.25) is 5.76 Å². The molecule has 1 aromatic carbocycles. The third-order valence-electron chi connectivity index (χ3n) is 3.37. The van der Waals surface area contributed by atoms with Crippen LogP contribution in [0.1, 0.15) is 30.9 Å². The molecule has 2 aromatic rings. The van der Waals surface area contributed by atoms with Crippen molar-refractivity contribution < 1.29 is 28.5 Å². The average Bonchev–Trinajstić information content (AvgIpc) is 2.98. The molecule has 27 heavy (non-hydrogen) atoms. The monoisotopic (exact) mass is 376 g/mol. The number of methoxy groups -OCH3 is 1. The van der Waals surface area contributed by atoms with E-state index in [1.807, 2.05) is 0 Å². The highest BCUT2D eigenvalue weighted by molar-refractivity contribution is 5.73. The molecule has 2 rings (SSSR count). The van der Waals surface area contributed by atoms with Gasteiger partial charge in [0.1, 0.15) is 0 Å². The van der Waals surface area contributed by atoms with E-state index in [0.717, 1.165) is 0 Å². The predicted octanol–water partition coefficient (Wildman–Crippen LogP) is 3.40. The quantitative estimate of drug-likeness (QED) is 0.391. The van der Waals surface area contributed by atoms with Crippen molar-refractivity contribution in [2.24, 2.45) is 0 Å². The van der Waals surface area contributed by atoms with E-state index >= 15 is 0 Å². The maximum Gasteiger partial charge on any atom is 0.344 e. The second kappa shape index (κ2) is 8.84. The summed E-state index contributed by atoms with van der Waals surface area (Å²) in [5.74, 6) is 0.340. The first-order valence-electron chi connectivity index (χ1n) is 8.11. The van der Waals surface area contributed by atoms with Crippen molar-refractivity contribution in [1.82, 2.24) is 5.16 Å². The molecule has 9 heteroatoms. The fraction of sp³-hybridized carbons (Fsp3) is 0.333. The minimum atomic E-state index is -0.542. The largest absolute Gasteiger partial charge is 0.493 e. The zero-order valence-electron chi connectivity index (χ0n) is 15.4. The number of aromatic nitrogens is 1. The first-order chi connectivity index (χ1) is 12.8. The fourth-order valence-electron chi connectivity index (χ4n) is 2.23. The molecular formula is C18H20N2O7. The number of ether oxygens (including phenoxy) is 3. The van der Waals surface area contributed by atoms with Crippen molar-refractivity contribution in [3.63, 3.8) is 0 Å². The van der Waals surface area contributed by atoms with Gasteiger partial charge in [-0.3, -0.25) is 10.1 Å². The minimum Gasteiger partial charge on any atom is -0.493 e. The van der Waals surface area contributed by atoms with Crippen LogP contribution in [0.5, 0.6) is 11.5 Å². The molecule has 0 aliphatic rings. The lowest BCUT2D eigenvalue weighted by Gasteiger charge is -2.12. The summed E-state index contributed by atoms with van der Waals surface area (Å²) in [4.78, 5) is 22.1. The Morgan fingerprint density at radius 1 is 1.33 bits per heavy atom. The van der Waals surface area contributed by atoms with E-state index < -0.39 is 10.9 Å². The van der Waals surface area contributed by atoms with Gasteiger partial charge in [-0.1, -0.05) is 17.3 Å². The van der Waals surface area contributed by atoms with Crippen molar-refractivity contribution in [3.05, 3.63) is 45.3 Å². The van der Waals surface area contributed by atoms with E-state index in [-0.39, 0.29) is 29.9 Å². The number of nitrogens with zero attached hydrogens (tertiary/aromatic N) is 2. The number of carbonyl (C=O) groups excluding carboxylic acids is 1. The van der Waals surface area contributed by atoms with Gasteiger partial charge in [0.25, 0.3) is 0 Å². The van der Waals surface area contributed by atoms with Gasteiger partial charge in [0.15, 0.2) is 23.8 Å². The van der Waals surface area contributed by atoms with Crippen LogP contribution in [0.4, 0.5) is 5.69 Å². The summed E-state index contributed by atoms with van der Waals surface area (Å²) >= 11 is 0. The highest BCUT2D eigenvalue weighted by Crippen LogP contribution is 2.30. The molecule has 0 amide bonds. The Morgan fingerprint density at radius 2 is 2.07 bits per heavy atom. The lowest BCUT2D eigenvalue weighted by Crippen LogP contribution is -2.18. The van der Waals surface area contributed by atoms with Crippen LogP contribution >= 0.6 is 0 Å². The van der Waals surface area contributed by atoms with Crippen molar-refractivity contribution in [2.75, 3.05) is 13.7 Å². The van der Waals surface area contributed by atoms with Crippen LogP contribution in [0.15, 0.2) is 22.7 Å². The Morgan fingerprint density at radius 3 is 2.70 bits per heavy atom. The molecule has 0 atom stereocenters. The topological polar surface area (TPSA) is 114 Å². The van der Waals surface area contributed by atoms with E-state index in [0.29, 0.717) is 17.1 Å². The predicted molar refractivity (Wildman–Crippen MR) is 96.5 cm³/mol. The lowest BCUT2D eigenvalue weighted by atomic mass is 10.1. The molecule has 0 spiro atoms. The van der Waals surface area contributed by atoms with Crippen LogP contribution in [0.25, 0.3) is 12.2 Å². The van der Waals surface area contributed by atoms with E-state index in [4.69, 9.17) is 18.7 Å². The Bertz CT molecular complexity index is 855. The second-order valence-corrected chi connectivity index (χ2v) is 5.81. The number of aryl methyl sites for hydroxylation is 1. The lowest BCUT2D eigenvalue weighted by molar-refractivity contribution is -0.386. The first kappa shape index (κ1) is 20.0. The molecule has 0 aliphatic carbocycles. The van der Waals surface area contributed by atoms with Crippen LogP contribution in [0.2, 0.25) is 0 Å². The van der Waals surface area contributed by atoms with Crippen LogP contribution in [-0.2, 0) is 9.53 Å². The molecule has 0 aliphatic heterocycles. The number of benzene rings is 1. The number of carbonyl (C=O) groups is 1. The Hall–Kier alpha value is -3.36. The number of hydrogen-bond donors (Lipinski definition) is 0. The van der Waals surface area contributed by atoms with Gasteiger partial charge in [0, 0.05) is 0 Å². The summed E-state index contributed by atoms with van der Waals surface area (Å²) in [5.41, 5.74) is 0.711. The van der Waals surface area contributed by atoms with E-state index in [2.05, 4.69) is 5.16 Å². The van der Waals surface area contributed by atoms with Crippen LogP contribution in [0.3, 0.4) is 0 Å². The van der Waals surface area contributed by atoms with Gasteiger partial charge in [-0.05, 0) is 44.5 Å². The van der Waals surface area contributed by atoms with Gasteiger partial charge < -0.3 is 18.7 Å². The van der Waals surface area contributed by atoms with Gasteiger partial charge in [-0.2, -0.15) is 0 Å². The third-order valence-corrected chi connectivity index (χ3v) is 3.37. The third kappa shape index (κ3) is 5.30. The highest BCUT2D eigenvalue weighted by Gasteiger charge is 2.22. The van der Waals surface area contributed by atoms with Gasteiger partial charge >= 0.3 is 11.7 Å². The number of hydrogen-bond acceptors (Lipinski definition) is 8. The SMILES string of the molecule is COc1cc(/C=C/c2onc(C)c2[N+](=O)[O-])ccc1OCC(=O)OC(C)C. The maximum atomic E-state index is 11.6. The second-order valence-electron chi connectivity index (χ2n) is 5.81. The summed E-state index contributed by atoms with van der Waals surface area (Å²) in [6.45, 7) is 4.76. The maximum absolute atomic E-state index is 11.6. The van der Waals surface area contributed by atoms with Gasteiger partial charge in [-0.25, -0.2) is 4.79 Å². The zero-order valence-corrected chi connectivity index (χ0v) is 15.4. The molecule has 1 aromatic heterocycles. The molecule has 0 N–H and O–H groups in total. The fourth-order valence-corrected chi connectivity index (χ4v) is 2.23. The molecule has 9 nitrogen and oxygen atoms in total. The summed E-state index contributed by atoms with van der Waals surface area (Å²) in [6.07, 6.45) is 2.85. The van der Waals surface area contributed by atoms with Crippen LogP contribution < -0.4 is 9.47 Å². The molecular weight excluding hydrogens is 356 g/mol. The Balaban J connectivity index is 2.14. The standard InChI is InChI=1S/C18H20N2O7/c1-11(2)26-17(21)10-25-14-7-5-13(9-16(14)24-4)6-8-15-18(20(22)23)12(3)19-27-15/h5-9,11H,10H2,1-4H3/b8-6+. The molecule has 0 saturated heterocycles. The molecule has 0 saturated carbocycles. The van der Waals surface area contributed by atoms with E-state index in [9.17, 15) is 14.9 Å². The molecule has 0 unspecified atom stereocenters. The first-order valence-corrected chi connectivity index (χ1v) is 8.11.